The van der Waals surface area contributed by atoms with Crippen molar-refractivity contribution in [3.8, 4) is 5.75 Å². The molecule has 0 aliphatic rings. The summed E-state index contributed by atoms with van der Waals surface area (Å²) in [5, 5.41) is 0. The molecule has 1 aromatic carbocycles. The summed E-state index contributed by atoms with van der Waals surface area (Å²) in [5.74, 6) is 0.748. The van der Waals surface area contributed by atoms with Crippen molar-refractivity contribution in [2.24, 2.45) is 7.05 Å². The van der Waals surface area contributed by atoms with Gasteiger partial charge in [-0.2, -0.15) is 0 Å². The monoisotopic (exact) mass is 247 g/mol. The van der Waals surface area contributed by atoms with Crippen LogP contribution in [-0.2, 0) is 13.7 Å². The van der Waals surface area contributed by atoms with Crippen LogP contribution in [0.5, 0.6) is 5.75 Å². The maximum Gasteiger partial charge on any atom is 0.250 e. The van der Waals surface area contributed by atoms with Crippen molar-refractivity contribution < 1.29 is 4.74 Å². The van der Waals surface area contributed by atoms with Crippen LogP contribution >= 0.6 is 12.6 Å². The van der Waals surface area contributed by atoms with Crippen molar-refractivity contribution in [2.45, 2.75) is 11.5 Å². The maximum atomic E-state index is 11.4. The minimum absolute atomic E-state index is 0.0333. The zero-order valence-corrected chi connectivity index (χ0v) is 10.4. The Bertz CT molecular complexity index is 578. The van der Waals surface area contributed by atoms with E-state index in [0.29, 0.717) is 6.61 Å². The minimum atomic E-state index is -0.0333. The number of aryl methyl sites for hydroxylation is 1. The molecule has 0 radical (unpaired) electrons. The Balaban J connectivity index is 2.07. The van der Waals surface area contributed by atoms with Crippen molar-refractivity contribution in [3.05, 3.63) is 58.5 Å². The quantitative estimate of drug-likeness (QED) is 0.843. The summed E-state index contributed by atoms with van der Waals surface area (Å²) >= 11 is 4.23. The normalized spacial score (nSPS) is 10.2. The van der Waals surface area contributed by atoms with Gasteiger partial charge < -0.3 is 9.30 Å². The van der Waals surface area contributed by atoms with Gasteiger partial charge in [0.2, 0.25) is 0 Å². The Morgan fingerprint density at radius 3 is 2.82 bits per heavy atom. The molecule has 0 atom stereocenters. The number of nitrogens with zero attached hydrogens (tertiary/aromatic N) is 1. The van der Waals surface area contributed by atoms with Crippen LogP contribution in [0.4, 0.5) is 0 Å². The number of aromatic nitrogens is 1. The Morgan fingerprint density at radius 2 is 2.12 bits per heavy atom. The lowest BCUT2D eigenvalue weighted by Crippen LogP contribution is -2.15. The van der Waals surface area contributed by atoms with Gasteiger partial charge in [0.05, 0.1) is 0 Å². The standard InChI is InChI=1S/C13H13NO2S/c1-14-6-5-10(7-13(14)15)9-16-11-3-2-4-12(17)8-11/h2-8,17H,9H2,1H3. The molecule has 1 aromatic heterocycles. The van der Waals surface area contributed by atoms with E-state index in [1.807, 2.05) is 30.3 Å². The Morgan fingerprint density at radius 1 is 1.29 bits per heavy atom. The molecule has 0 unspecified atom stereocenters. The molecular formula is C13H13NO2S. The van der Waals surface area contributed by atoms with Crippen LogP contribution in [0.1, 0.15) is 5.56 Å². The van der Waals surface area contributed by atoms with Gasteiger partial charge >= 0.3 is 0 Å². The fraction of sp³-hybridized carbons (Fsp3) is 0.154. The van der Waals surface area contributed by atoms with Crippen LogP contribution in [0.15, 0.2) is 52.3 Å². The second kappa shape index (κ2) is 5.10. The maximum absolute atomic E-state index is 11.4. The van der Waals surface area contributed by atoms with Gasteiger partial charge in [0.15, 0.2) is 0 Å². The number of pyridine rings is 1. The second-order valence-corrected chi connectivity index (χ2v) is 4.29. The predicted octanol–water partition coefficient (Wildman–Crippen LogP) is 2.25. The number of hydrogen-bond acceptors (Lipinski definition) is 3. The lowest BCUT2D eigenvalue weighted by molar-refractivity contribution is 0.305. The van der Waals surface area contributed by atoms with Gasteiger partial charge in [0.25, 0.3) is 5.56 Å². The fourth-order valence-corrected chi connectivity index (χ4v) is 1.63. The Hall–Kier alpha value is -1.68. The zero-order chi connectivity index (χ0) is 12.3. The van der Waals surface area contributed by atoms with Crippen molar-refractivity contribution in [1.82, 2.24) is 4.57 Å². The zero-order valence-electron chi connectivity index (χ0n) is 9.46. The van der Waals surface area contributed by atoms with Crippen molar-refractivity contribution in [3.63, 3.8) is 0 Å². The van der Waals surface area contributed by atoms with Crippen molar-refractivity contribution in [2.75, 3.05) is 0 Å². The Kier molecular flexibility index (Phi) is 3.54. The molecule has 0 bridgehead atoms. The average molecular weight is 247 g/mol. The Labute approximate surface area is 105 Å². The molecule has 0 fully saturated rings. The topological polar surface area (TPSA) is 31.2 Å². The first-order valence-electron chi connectivity index (χ1n) is 5.22. The molecule has 0 aliphatic carbocycles. The molecule has 1 heterocycles. The number of hydrogen-bond donors (Lipinski definition) is 1. The first-order chi connectivity index (χ1) is 8.15. The van der Waals surface area contributed by atoms with Gasteiger partial charge in [0.1, 0.15) is 12.4 Å². The van der Waals surface area contributed by atoms with Crippen LogP contribution < -0.4 is 10.3 Å². The minimum Gasteiger partial charge on any atom is -0.489 e. The molecule has 3 nitrogen and oxygen atoms in total. The van der Waals surface area contributed by atoms with Crippen LogP contribution in [0.3, 0.4) is 0 Å². The van der Waals surface area contributed by atoms with E-state index in [1.54, 1.807) is 19.3 Å². The lowest BCUT2D eigenvalue weighted by atomic mass is 10.3. The van der Waals surface area contributed by atoms with E-state index in [4.69, 9.17) is 4.74 Å². The molecule has 88 valence electrons. The number of rotatable bonds is 3. The third-order valence-corrected chi connectivity index (χ3v) is 2.67. The van der Waals surface area contributed by atoms with Crippen LogP contribution in [0, 0.1) is 0 Å². The molecule has 2 aromatic rings. The predicted molar refractivity (Wildman–Crippen MR) is 69.7 cm³/mol. The highest BCUT2D eigenvalue weighted by Crippen LogP contribution is 2.16. The van der Waals surface area contributed by atoms with Gasteiger partial charge in [-0.1, -0.05) is 6.07 Å². The first-order valence-corrected chi connectivity index (χ1v) is 5.67. The molecular weight excluding hydrogens is 234 g/mol. The number of ether oxygens (including phenoxy) is 1. The van der Waals surface area contributed by atoms with Gasteiger partial charge in [-0.15, -0.1) is 12.6 Å². The van der Waals surface area contributed by atoms with Gasteiger partial charge in [-0.25, -0.2) is 0 Å². The van der Waals surface area contributed by atoms with Gasteiger partial charge in [-0.3, -0.25) is 4.79 Å². The van der Waals surface area contributed by atoms with E-state index in [2.05, 4.69) is 12.6 Å². The summed E-state index contributed by atoms with van der Waals surface area (Å²) < 4.78 is 7.10. The van der Waals surface area contributed by atoms with Gasteiger partial charge in [-0.05, 0) is 29.8 Å². The summed E-state index contributed by atoms with van der Waals surface area (Å²) in [6.07, 6.45) is 1.73. The number of thiol groups is 1. The van der Waals surface area contributed by atoms with Crippen molar-refractivity contribution >= 4 is 12.6 Å². The van der Waals surface area contributed by atoms with Crippen molar-refractivity contribution in [1.29, 1.82) is 0 Å². The van der Waals surface area contributed by atoms with E-state index in [9.17, 15) is 4.79 Å². The highest BCUT2D eigenvalue weighted by atomic mass is 32.1. The summed E-state index contributed by atoms with van der Waals surface area (Å²) in [4.78, 5) is 12.3. The molecule has 0 amide bonds. The molecule has 4 heteroatoms. The first kappa shape index (κ1) is 11.8. The molecule has 0 N–H and O–H groups in total. The van der Waals surface area contributed by atoms with E-state index in [-0.39, 0.29) is 5.56 Å². The second-order valence-electron chi connectivity index (χ2n) is 3.77. The SMILES string of the molecule is Cn1ccc(COc2cccc(S)c2)cc1=O. The largest absolute Gasteiger partial charge is 0.489 e. The molecule has 17 heavy (non-hydrogen) atoms. The third kappa shape index (κ3) is 3.14. The molecule has 2 rings (SSSR count). The fourth-order valence-electron chi connectivity index (χ4n) is 1.42. The van der Waals surface area contributed by atoms with E-state index in [0.717, 1.165) is 16.2 Å². The molecule has 0 saturated heterocycles. The van der Waals surface area contributed by atoms with E-state index < -0.39 is 0 Å². The van der Waals surface area contributed by atoms with Crippen LogP contribution in [0.25, 0.3) is 0 Å². The third-order valence-electron chi connectivity index (χ3n) is 2.39. The van der Waals surface area contributed by atoms with E-state index >= 15 is 0 Å². The number of benzene rings is 1. The molecule has 0 aliphatic heterocycles. The smallest absolute Gasteiger partial charge is 0.250 e. The molecule has 0 spiro atoms. The summed E-state index contributed by atoms with van der Waals surface area (Å²) in [6.45, 7) is 0.382. The summed E-state index contributed by atoms with van der Waals surface area (Å²) in [6, 6.07) is 10.9. The summed E-state index contributed by atoms with van der Waals surface area (Å²) in [5.41, 5.74) is 0.826. The average Bonchev–Trinajstić information content (AvgIpc) is 2.31. The highest BCUT2D eigenvalue weighted by Gasteiger charge is 1.98. The lowest BCUT2D eigenvalue weighted by Gasteiger charge is -2.07. The van der Waals surface area contributed by atoms with Crippen LogP contribution in [-0.4, -0.2) is 4.57 Å². The van der Waals surface area contributed by atoms with E-state index in [1.165, 1.54) is 4.57 Å². The highest BCUT2D eigenvalue weighted by molar-refractivity contribution is 7.80. The summed E-state index contributed by atoms with van der Waals surface area (Å²) in [7, 11) is 1.72. The molecule has 0 saturated carbocycles. The van der Waals surface area contributed by atoms with Gasteiger partial charge in [0, 0.05) is 24.2 Å². The van der Waals surface area contributed by atoms with Crippen LogP contribution in [0.2, 0.25) is 0 Å².